The molecule has 0 aliphatic heterocycles. The molecule has 0 heterocycles. The molecule has 0 N–H and O–H groups in total. The molecule has 0 fully saturated rings. The Hall–Kier alpha value is -1.19. The number of Topliss-reactive ketones (excluding diaryl/α,β-unsaturated/α-hetero) is 2. The highest BCUT2D eigenvalue weighted by Crippen LogP contribution is 1.92. The quantitative estimate of drug-likeness (QED) is 0.455. The number of ketones is 2. The molecule has 68 valence electrons. The van der Waals surface area contributed by atoms with Crippen LogP contribution in [0.25, 0.3) is 0 Å². The summed E-state index contributed by atoms with van der Waals surface area (Å²) in [7, 11) is 3.42. The largest absolute Gasteiger partial charge is 0.303 e. The summed E-state index contributed by atoms with van der Waals surface area (Å²) in [4.78, 5) is 21.6. The Morgan fingerprint density at radius 2 is 1.75 bits per heavy atom. The molecule has 0 bridgehead atoms. The fourth-order valence-corrected chi connectivity index (χ4v) is 0.707. The predicted molar refractivity (Wildman–Crippen MR) is 47.1 cm³/mol. The van der Waals surface area contributed by atoms with E-state index < -0.39 is 0 Å². The van der Waals surface area contributed by atoms with Crippen LogP contribution in [0.5, 0.6) is 0 Å². The molecule has 4 heteroatoms. The van der Waals surface area contributed by atoms with Gasteiger partial charge in [-0.2, -0.15) is 5.10 Å². The van der Waals surface area contributed by atoms with Gasteiger partial charge < -0.3 is 5.01 Å². The second-order valence-electron chi connectivity index (χ2n) is 2.83. The Bertz CT molecular complexity index is 219. The van der Waals surface area contributed by atoms with Crippen molar-refractivity contribution in [3.8, 4) is 0 Å². The summed E-state index contributed by atoms with van der Waals surface area (Å²) in [5.74, 6) is -0.204. The molecule has 0 spiro atoms. The Morgan fingerprint density at radius 1 is 1.25 bits per heavy atom. The van der Waals surface area contributed by atoms with Crippen LogP contribution in [0.4, 0.5) is 0 Å². The summed E-state index contributed by atoms with van der Waals surface area (Å²) in [6, 6.07) is 0. The van der Waals surface area contributed by atoms with E-state index in [0.29, 0.717) is 5.71 Å². The van der Waals surface area contributed by atoms with E-state index in [1.807, 2.05) is 0 Å². The highest BCUT2D eigenvalue weighted by atomic mass is 16.1. The van der Waals surface area contributed by atoms with Gasteiger partial charge in [0.05, 0.1) is 6.42 Å². The van der Waals surface area contributed by atoms with Gasteiger partial charge in [-0.1, -0.05) is 0 Å². The van der Waals surface area contributed by atoms with Crippen molar-refractivity contribution in [2.45, 2.75) is 20.3 Å². The molecule has 0 aliphatic rings. The number of rotatable bonds is 4. The number of carbonyl (C=O) groups excluding carboxylic acids is 2. The normalized spacial score (nSPS) is 11.2. The maximum Gasteiger partial charge on any atom is 0.176 e. The first kappa shape index (κ1) is 10.8. The third kappa shape index (κ3) is 4.60. The van der Waals surface area contributed by atoms with Crippen LogP contribution in [0.15, 0.2) is 5.10 Å². The van der Waals surface area contributed by atoms with E-state index in [9.17, 15) is 9.59 Å². The first-order chi connectivity index (χ1) is 5.43. The van der Waals surface area contributed by atoms with E-state index in [-0.39, 0.29) is 18.0 Å². The minimum atomic E-state index is -0.154. The fourth-order valence-electron chi connectivity index (χ4n) is 0.707. The highest BCUT2D eigenvalue weighted by Gasteiger charge is 2.08. The second-order valence-corrected chi connectivity index (χ2v) is 2.83. The Labute approximate surface area is 72.2 Å². The Balaban J connectivity index is 4.44. The van der Waals surface area contributed by atoms with Crippen molar-refractivity contribution in [3.63, 3.8) is 0 Å². The molecule has 0 aromatic carbocycles. The molecular weight excluding hydrogens is 156 g/mol. The van der Waals surface area contributed by atoms with Crippen molar-refractivity contribution in [1.82, 2.24) is 5.01 Å². The van der Waals surface area contributed by atoms with Crippen molar-refractivity contribution in [2.75, 3.05) is 14.1 Å². The zero-order chi connectivity index (χ0) is 9.72. The monoisotopic (exact) mass is 170 g/mol. The average Bonchev–Trinajstić information content (AvgIpc) is 1.83. The second kappa shape index (κ2) is 4.64. The maximum absolute atomic E-state index is 10.9. The van der Waals surface area contributed by atoms with Crippen LogP contribution in [0.1, 0.15) is 20.3 Å². The van der Waals surface area contributed by atoms with Gasteiger partial charge in [0, 0.05) is 21.0 Å². The van der Waals surface area contributed by atoms with E-state index in [2.05, 4.69) is 5.10 Å². The van der Waals surface area contributed by atoms with Crippen LogP contribution in [0, 0.1) is 0 Å². The maximum atomic E-state index is 10.9. The third-order valence-corrected chi connectivity index (χ3v) is 1.14. The standard InChI is InChI=1S/C8H14N2O2/c1-6(11)5-8(7(2)12)9-10(3)4/h5H2,1-4H3/b9-8-. The summed E-state index contributed by atoms with van der Waals surface area (Å²) in [6.45, 7) is 2.85. The summed E-state index contributed by atoms with van der Waals surface area (Å²) < 4.78 is 0. The molecular formula is C8H14N2O2. The third-order valence-electron chi connectivity index (χ3n) is 1.14. The van der Waals surface area contributed by atoms with Crippen molar-refractivity contribution in [1.29, 1.82) is 0 Å². The van der Waals surface area contributed by atoms with Crippen LogP contribution >= 0.6 is 0 Å². The van der Waals surface area contributed by atoms with E-state index in [4.69, 9.17) is 0 Å². The lowest BCUT2D eigenvalue weighted by Gasteiger charge is -2.06. The zero-order valence-electron chi connectivity index (χ0n) is 7.92. The molecule has 4 nitrogen and oxygen atoms in total. The molecule has 0 amide bonds. The van der Waals surface area contributed by atoms with E-state index in [1.165, 1.54) is 18.9 Å². The fraction of sp³-hybridized carbons (Fsp3) is 0.625. The Morgan fingerprint density at radius 3 is 2.00 bits per heavy atom. The van der Waals surface area contributed by atoms with E-state index >= 15 is 0 Å². The number of nitrogens with zero attached hydrogens (tertiary/aromatic N) is 2. The highest BCUT2D eigenvalue weighted by molar-refractivity contribution is 6.41. The van der Waals surface area contributed by atoms with Gasteiger partial charge in [0.25, 0.3) is 0 Å². The number of hydrogen-bond acceptors (Lipinski definition) is 4. The summed E-state index contributed by atoms with van der Waals surface area (Å²) in [5, 5.41) is 5.41. The van der Waals surface area contributed by atoms with Crippen LogP contribution in [0.2, 0.25) is 0 Å². The van der Waals surface area contributed by atoms with Crippen molar-refractivity contribution in [2.24, 2.45) is 5.10 Å². The smallest absolute Gasteiger partial charge is 0.176 e. The topological polar surface area (TPSA) is 49.7 Å². The lowest BCUT2D eigenvalue weighted by atomic mass is 10.1. The Kier molecular flexibility index (Phi) is 4.18. The number of hydrogen-bond donors (Lipinski definition) is 0. The van der Waals surface area contributed by atoms with Gasteiger partial charge in [0.2, 0.25) is 0 Å². The van der Waals surface area contributed by atoms with Gasteiger partial charge in [-0.05, 0) is 6.92 Å². The molecule has 12 heavy (non-hydrogen) atoms. The van der Waals surface area contributed by atoms with Gasteiger partial charge in [-0.25, -0.2) is 0 Å². The van der Waals surface area contributed by atoms with Crippen molar-refractivity contribution < 1.29 is 9.59 Å². The first-order valence-electron chi connectivity index (χ1n) is 3.68. The molecule has 0 aromatic rings. The zero-order valence-corrected chi connectivity index (χ0v) is 7.92. The van der Waals surface area contributed by atoms with Gasteiger partial charge in [0.1, 0.15) is 11.5 Å². The lowest BCUT2D eigenvalue weighted by molar-refractivity contribution is -0.117. The minimum Gasteiger partial charge on any atom is -0.303 e. The molecule has 0 saturated heterocycles. The lowest BCUT2D eigenvalue weighted by Crippen LogP contribution is -2.18. The summed E-state index contributed by atoms with van der Waals surface area (Å²) >= 11 is 0. The van der Waals surface area contributed by atoms with E-state index in [0.717, 1.165) is 0 Å². The minimum absolute atomic E-state index is 0.0502. The van der Waals surface area contributed by atoms with Crippen LogP contribution < -0.4 is 0 Å². The molecule has 0 saturated carbocycles. The van der Waals surface area contributed by atoms with Crippen molar-refractivity contribution in [3.05, 3.63) is 0 Å². The molecule has 0 radical (unpaired) electrons. The molecule has 0 aromatic heterocycles. The molecule has 0 unspecified atom stereocenters. The molecule has 0 aliphatic carbocycles. The first-order valence-corrected chi connectivity index (χ1v) is 3.68. The molecule has 0 rings (SSSR count). The van der Waals surface area contributed by atoms with Crippen LogP contribution in [-0.2, 0) is 9.59 Å². The number of hydrazone groups is 1. The van der Waals surface area contributed by atoms with Gasteiger partial charge in [-0.3, -0.25) is 9.59 Å². The predicted octanol–water partition coefficient (Wildman–Crippen LogP) is 0.472. The summed E-state index contributed by atoms with van der Waals surface area (Å²) in [5.41, 5.74) is 0.313. The van der Waals surface area contributed by atoms with Crippen LogP contribution in [-0.4, -0.2) is 36.4 Å². The van der Waals surface area contributed by atoms with E-state index in [1.54, 1.807) is 14.1 Å². The number of carbonyl (C=O) groups is 2. The van der Waals surface area contributed by atoms with Crippen LogP contribution in [0.3, 0.4) is 0 Å². The molecule has 0 atom stereocenters. The van der Waals surface area contributed by atoms with Gasteiger partial charge >= 0.3 is 0 Å². The van der Waals surface area contributed by atoms with Gasteiger partial charge in [0.15, 0.2) is 5.78 Å². The van der Waals surface area contributed by atoms with Crippen molar-refractivity contribution >= 4 is 17.3 Å². The van der Waals surface area contributed by atoms with Gasteiger partial charge in [-0.15, -0.1) is 0 Å². The summed E-state index contributed by atoms with van der Waals surface area (Å²) in [6.07, 6.45) is 0.119. The SMILES string of the molecule is CC(=O)C/C(=N/N(C)C)C(C)=O. The average molecular weight is 170 g/mol.